The Balaban J connectivity index is 1.36. The second-order valence-corrected chi connectivity index (χ2v) is 9.38. The standard InChI is InChI=1S/C17H24N2O4S/c20-24(21,16-2-3-16)19-9-1-6-17(13-19)10-15(12-23-17)22-11-14-4-7-18-8-5-14/h4-5,7-8,15-16H,1-3,6,9-13H2/t15-,17+/m1/s1. The van der Waals surface area contributed by atoms with Gasteiger partial charge in [0.1, 0.15) is 0 Å². The molecule has 0 bridgehead atoms. The number of piperidine rings is 1. The van der Waals surface area contributed by atoms with E-state index in [0.29, 0.717) is 26.3 Å². The predicted octanol–water partition coefficient (Wildman–Crippen LogP) is 1.71. The maximum Gasteiger partial charge on any atom is 0.217 e. The SMILES string of the molecule is O=S(=O)(C1CC1)N1CCC[C@]2(C[C@@H](OCc3ccncc3)CO2)C1. The zero-order valence-electron chi connectivity index (χ0n) is 13.8. The lowest BCUT2D eigenvalue weighted by Gasteiger charge is -2.39. The summed E-state index contributed by atoms with van der Waals surface area (Å²) in [6.07, 6.45) is 7.72. The van der Waals surface area contributed by atoms with Crippen molar-refractivity contribution in [1.29, 1.82) is 0 Å². The van der Waals surface area contributed by atoms with Crippen LogP contribution in [-0.4, -0.2) is 54.4 Å². The number of hydrogen-bond acceptors (Lipinski definition) is 5. The Bertz CT molecular complexity index is 677. The number of hydrogen-bond donors (Lipinski definition) is 0. The van der Waals surface area contributed by atoms with Crippen LogP contribution in [0.4, 0.5) is 0 Å². The van der Waals surface area contributed by atoms with E-state index in [-0.39, 0.29) is 17.0 Å². The van der Waals surface area contributed by atoms with Crippen molar-refractivity contribution in [2.45, 2.75) is 55.7 Å². The Labute approximate surface area is 143 Å². The number of nitrogens with zero attached hydrogens (tertiary/aromatic N) is 2. The Hall–Kier alpha value is -1.02. The average molecular weight is 352 g/mol. The van der Waals surface area contributed by atoms with Crippen LogP contribution in [-0.2, 0) is 26.1 Å². The first kappa shape index (κ1) is 16.4. The van der Waals surface area contributed by atoms with Gasteiger partial charge in [0.2, 0.25) is 10.0 Å². The Kier molecular flexibility index (Phi) is 4.36. The third-order valence-corrected chi connectivity index (χ3v) is 7.57. The molecule has 1 spiro atoms. The van der Waals surface area contributed by atoms with Gasteiger partial charge in [-0.3, -0.25) is 4.98 Å². The average Bonchev–Trinajstić information content (AvgIpc) is 3.39. The van der Waals surface area contributed by atoms with E-state index in [4.69, 9.17) is 9.47 Å². The topological polar surface area (TPSA) is 68.7 Å². The van der Waals surface area contributed by atoms with Crippen LogP contribution < -0.4 is 0 Å². The first-order valence-electron chi connectivity index (χ1n) is 8.71. The summed E-state index contributed by atoms with van der Waals surface area (Å²) in [5.74, 6) is 0. The molecule has 0 unspecified atom stereocenters. The summed E-state index contributed by atoms with van der Waals surface area (Å²) < 4.78 is 38.7. The van der Waals surface area contributed by atoms with Crippen LogP contribution in [0.5, 0.6) is 0 Å². The van der Waals surface area contributed by atoms with Crippen molar-refractivity contribution in [1.82, 2.24) is 9.29 Å². The summed E-state index contributed by atoms with van der Waals surface area (Å²) in [6, 6.07) is 3.88. The molecule has 132 valence electrons. The summed E-state index contributed by atoms with van der Waals surface area (Å²) in [5.41, 5.74) is 0.732. The van der Waals surface area contributed by atoms with Crippen molar-refractivity contribution >= 4 is 10.0 Å². The van der Waals surface area contributed by atoms with Crippen molar-refractivity contribution < 1.29 is 17.9 Å². The second-order valence-electron chi connectivity index (χ2n) is 7.17. The molecule has 2 atom stereocenters. The van der Waals surface area contributed by atoms with Crippen LogP contribution in [0.3, 0.4) is 0 Å². The molecular weight excluding hydrogens is 328 g/mol. The van der Waals surface area contributed by atoms with Crippen molar-refractivity contribution in [3.8, 4) is 0 Å². The second kappa shape index (κ2) is 6.37. The molecule has 3 heterocycles. The smallest absolute Gasteiger partial charge is 0.217 e. The fourth-order valence-electron chi connectivity index (χ4n) is 3.74. The lowest BCUT2D eigenvalue weighted by atomic mass is 9.90. The van der Waals surface area contributed by atoms with E-state index in [2.05, 4.69) is 4.98 Å². The Morgan fingerprint density at radius 3 is 2.88 bits per heavy atom. The van der Waals surface area contributed by atoms with Crippen LogP contribution >= 0.6 is 0 Å². The van der Waals surface area contributed by atoms with Gasteiger partial charge < -0.3 is 9.47 Å². The molecule has 0 radical (unpaired) electrons. The molecule has 1 aliphatic carbocycles. The molecule has 2 saturated heterocycles. The summed E-state index contributed by atoms with van der Waals surface area (Å²) in [6.45, 7) is 2.20. The highest BCUT2D eigenvalue weighted by molar-refractivity contribution is 7.90. The van der Waals surface area contributed by atoms with Crippen molar-refractivity contribution in [2.24, 2.45) is 0 Å². The van der Waals surface area contributed by atoms with Crippen LogP contribution in [0.2, 0.25) is 0 Å². The molecule has 7 heteroatoms. The number of sulfonamides is 1. The van der Waals surface area contributed by atoms with Gasteiger partial charge in [-0.25, -0.2) is 8.42 Å². The molecule has 0 amide bonds. The van der Waals surface area contributed by atoms with Crippen molar-refractivity contribution in [2.75, 3.05) is 19.7 Å². The third kappa shape index (κ3) is 3.35. The summed E-state index contributed by atoms with van der Waals surface area (Å²) >= 11 is 0. The highest BCUT2D eigenvalue weighted by Gasteiger charge is 2.49. The van der Waals surface area contributed by atoms with E-state index in [0.717, 1.165) is 37.7 Å². The minimum Gasteiger partial charge on any atom is -0.371 e. The van der Waals surface area contributed by atoms with Gasteiger partial charge in [0.05, 0.1) is 30.2 Å². The van der Waals surface area contributed by atoms with Gasteiger partial charge in [-0.05, 0) is 43.4 Å². The molecule has 2 aliphatic heterocycles. The van der Waals surface area contributed by atoms with Gasteiger partial charge >= 0.3 is 0 Å². The Morgan fingerprint density at radius 1 is 1.33 bits per heavy atom. The summed E-state index contributed by atoms with van der Waals surface area (Å²) in [7, 11) is -3.12. The number of pyridine rings is 1. The van der Waals surface area contributed by atoms with E-state index in [1.54, 1.807) is 16.7 Å². The maximum atomic E-state index is 12.5. The first-order chi connectivity index (χ1) is 11.6. The minimum atomic E-state index is -3.12. The van der Waals surface area contributed by atoms with Gasteiger partial charge in [-0.15, -0.1) is 0 Å². The minimum absolute atomic E-state index is 0.0294. The third-order valence-electron chi connectivity index (χ3n) is 5.22. The predicted molar refractivity (Wildman–Crippen MR) is 88.9 cm³/mol. The highest BCUT2D eigenvalue weighted by atomic mass is 32.2. The van der Waals surface area contributed by atoms with Crippen LogP contribution in [0.15, 0.2) is 24.5 Å². The lowest BCUT2D eigenvalue weighted by molar-refractivity contribution is -0.0360. The van der Waals surface area contributed by atoms with E-state index in [9.17, 15) is 8.42 Å². The van der Waals surface area contributed by atoms with Gasteiger partial charge in [-0.1, -0.05) is 0 Å². The molecular formula is C17H24N2O4S. The molecule has 1 aromatic rings. The molecule has 4 rings (SSSR count). The molecule has 1 aromatic heterocycles. The molecule has 6 nitrogen and oxygen atoms in total. The Morgan fingerprint density at radius 2 is 2.12 bits per heavy atom. The van der Waals surface area contributed by atoms with E-state index in [1.165, 1.54) is 0 Å². The van der Waals surface area contributed by atoms with Gasteiger partial charge in [0.15, 0.2) is 0 Å². The zero-order chi connectivity index (χ0) is 16.6. The lowest BCUT2D eigenvalue weighted by Crippen LogP contribution is -2.51. The summed E-state index contributed by atoms with van der Waals surface area (Å²) in [4.78, 5) is 4.00. The fraction of sp³-hybridized carbons (Fsp3) is 0.706. The molecule has 1 saturated carbocycles. The summed E-state index contributed by atoms with van der Waals surface area (Å²) in [5, 5.41) is -0.146. The zero-order valence-corrected chi connectivity index (χ0v) is 14.6. The van der Waals surface area contributed by atoms with E-state index >= 15 is 0 Å². The van der Waals surface area contributed by atoms with Crippen LogP contribution in [0, 0.1) is 0 Å². The monoisotopic (exact) mass is 352 g/mol. The molecule has 24 heavy (non-hydrogen) atoms. The van der Waals surface area contributed by atoms with E-state index < -0.39 is 10.0 Å². The maximum absolute atomic E-state index is 12.5. The normalized spacial score (nSPS) is 31.6. The van der Waals surface area contributed by atoms with Gasteiger partial charge in [-0.2, -0.15) is 4.31 Å². The number of ether oxygens (including phenoxy) is 2. The molecule has 3 aliphatic rings. The molecule has 3 fully saturated rings. The largest absolute Gasteiger partial charge is 0.371 e. The van der Waals surface area contributed by atoms with Crippen molar-refractivity contribution in [3.63, 3.8) is 0 Å². The van der Waals surface area contributed by atoms with Gasteiger partial charge in [0.25, 0.3) is 0 Å². The van der Waals surface area contributed by atoms with E-state index in [1.807, 2.05) is 12.1 Å². The highest BCUT2D eigenvalue weighted by Crippen LogP contribution is 2.39. The molecule has 0 aromatic carbocycles. The molecule has 0 N–H and O–H groups in total. The van der Waals surface area contributed by atoms with Crippen LogP contribution in [0.25, 0.3) is 0 Å². The number of aromatic nitrogens is 1. The fourth-order valence-corrected chi connectivity index (χ4v) is 5.69. The number of rotatable bonds is 5. The first-order valence-corrected chi connectivity index (χ1v) is 10.2. The van der Waals surface area contributed by atoms with Crippen molar-refractivity contribution in [3.05, 3.63) is 30.1 Å². The quantitative estimate of drug-likeness (QED) is 0.807. The van der Waals surface area contributed by atoms with Crippen LogP contribution in [0.1, 0.15) is 37.7 Å². The van der Waals surface area contributed by atoms with Gasteiger partial charge in [0, 0.05) is 31.9 Å².